The number of alkyl halides is 2. The molecule has 1 N–H and O–H groups in total. The number of rotatable bonds is 5. The SMILES string of the molecule is O=C(O)C(Cc1ccccc1)OC(F)F. The number of hydrogen-bond acceptors (Lipinski definition) is 2. The first kappa shape index (κ1) is 11.6. The van der Waals surface area contributed by atoms with Crippen molar-refractivity contribution in [2.75, 3.05) is 0 Å². The van der Waals surface area contributed by atoms with Gasteiger partial charge in [0.25, 0.3) is 0 Å². The molecule has 0 saturated heterocycles. The second-order valence-electron chi connectivity index (χ2n) is 2.91. The Hall–Kier alpha value is -1.49. The zero-order chi connectivity index (χ0) is 11.3. The Bertz CT molecular complexity index is 314. The van der Waals surface area contributed by atoms with Crippen LogP contribution in [0.4, 0.5) is 8.78 Å². The van der Waals surface area contributed by atoms with Crippen molar-refractivity contribution >= 4 is 5.97 Å². The van der Waals surface area contributed by atoms with Crippen molar-refractivity contribution in [3.05, 3.63) is 35.9 Å². The molecule has 0 bridgehead atoms. The van der Waals surface area contributed by atoms with Crippen molar-refractivity contribution in [3.8, 4) is 0 Å². The van der Waals surface area contributed by atoms with E-state index in [1.54, 1.807) is 30.3 Å². The molecule has 1 unspecified atom stereocenters. The summed E-state index contributed by atoms with van der Waals surface area (Å²) in [4.78, 5) is 10.6. The monoisotopic (exact) mass is 216 g/mol. The predicted octanol–water partition coefficient (Wildman–Crippen LogP) is 1.92. The topological polar surface area (TPSA) is 46.5 Å². The van der Waals surface area contributed by atoms with E-state index >= 15 is 0 Å². The van der Waals surface area contributed by atoms with Gasteiger partial charge in [0.05, 0.1) is 0 Å². The summed E-state index contributed by atoms with van der Waals surface area (Å²) in [5.41, 5.74) is 0.644. The molecule has 5 heteroatoms. The molecule has 0 aromatic heterocycles. The van der Waals surface area contributed by atoms with E-state index < -0.39 is 18.7 Å². The number of hydrogen-bond donors (Lipinski definition) is 1. The smallest absolute Gasteiger partial charge is 0.346 e. The number of carbonyl (C=O) groups is 1. The van der Waals surface area contributed by atoms with Crippen molar-refractivity contribution in [2.45, 2.75) is 19.1 Å². The Labute approximate surface area is 85.3 Å². The Balaban J connectivity index is 2.63. The fourth-order valence-corrected chi connectivity index (χ4v) is 1.15. The lowest BCUT2D eigenvalue weighted by Gasteiger charge is -2.12. The van der Waals surface area contributed by atoms with Gasteiger partial charge < -0.3 is 9.84 Å². The molecule has 0 fully saturated rings. The number of carboxylic acids is 1. The number of halogens is 2. The largest absolute Gasteiger partial charge is 0.479 e. The molecule has 0 aliphatic rings. The van der Waals surface area contributed by atoms with Crippen LogP contribution in [0.25, 0.3) is 0 Å². The second kappa shape index (κ2) is 5.41. The van der Waals surface area contributed by atoms with Crippen LogP contribution in [0.15, 0.2) is 30.3 Å². The molecule has 1 rings (SSSR count). The van der Waals surface area contributed by atoms with Crippen LogP contribution in [-0.2, 0) is 16.0 Å². The molecule has 1 aromatic carbocycles. The van der Waals surface area contributed by atoms with E-state index in [1.807, 2.05) is 0 Å². The van der Waals surface area contributed by atoms with Crippen LogP contribution in [0.1, 0.15) is 5.56 Å². The molecular formula is C10H10F2O3. The minimum absolute atomic E-state index is 0.0689. The summed E-state index contributed by atoms with van der Waals surface area (Å²) < 4.78 is 27.7. The van der Waals surface area contributed by atoms with Crippen LogP contribution in [0.5, 0.6) is 0 Å². The molecule has 0 aliphatic heterocycles. The Morgan fingerprint density at radius 3 is 2.40 bits per heavy atom. The third-order valence-electron chi connectivity index (χ3n) is 1.81. The van der Waals surface area contributed by atoms with Crippen LogP contribution in [-0.4, -0.2) is 23.8 Å². The number of aliphatic carboxylic acids is 1. The van der Waals surface area contributed by atoms with Crippen molar-refractivity contribution in [1.29, 1.82) is 0 Å². The maximum Gasteiger partial charge on any atom is 0.346 e. The van der Waals surface area contributed by atoms with Crippen LogP contribution < -0.4 is 0 Å². The molecule has 1 aromatic rings. The lowest BCUT2D eigenvalue weighted by molar-refractivity contribution is -0.186. The first-order valence-corrected chi connectivity index (χ1v) is 4.30. The Morgan fingerprint density at radius 2 is 1.93 bits per heavy atom. The van der Waals surface area contributed by atoms with Gasteiger partial charge in [0.15, 0.2) is 6.10 Å². The number of benzene rings is 1. The highest BCUT2D eigenvalue weighted by Gasteiger charge is 2.22. The molecule has 0 aliphatic carbocycles. The van der Waals surface area contributed by atoms with Gasteiger partial charge in [0, 0.05) is 6.42 Å². The van der Waals surface area contributed by atoms with Gasteiger partial charge in [0.1, 0.15) is 0 Å². The lowest BCUT2D eigenvalue weighted by Crippen LogP contribution is -2.28. The van der Waals surface area contributed by atoms with Crippen LogP contribution in [0.2, 0.25) is 0 Å². The maximum atomic E-state index is 11.9. The van der Waals surface area contributed by atoms with E-state index in [2.05, 4.69) is 4.74 Å². The Kier molecular flexibility index (Phi) is 4.17. The highest BCUT2D eigenvalue weighted by Crippen LogP contribution is 2.09. The predicted molar refractivity (Wildman–Crippen MR) is 48.7 cm³/mol. The number of carboxylic acid groups (broad SMARTS) is 1. The highest BCUT2D eigenvalue weighted by molar-refractivity contribution is 5.72. The van der Waals surface area contributed by atoms with Crippen molar-refractivity contribution in [1.82, 2.24) is 0 Å². The Morgan fingerprint density at radius 1 is 1.33 bits per heavy atom. The first-order chi connectivity index (χ1) is 7.09. The van der Waals surface area contributed by atoms with Crippen LogP contribution in [0.3, 0.4) is 0 Å². The summed E-state index contributed by atoms with van der Waals surface area (Å²) in [5, 5.41) is 8.63. The second-order valence-corrected chi connectivity index (χ2v) is 2.91. The summed E-state index contributed by atoms with van der Waals surface area (Å²) in [6.07, 6.45) is -1.58. The average Bonchev–Trinajstić information content (AvgIpc) is 2.17. The molecule has 0 amide bonds. The van der Waals surface area contributed by atoms with E-state index in [0.29, 0.717) is 5.56 Å². The molecule has 15 heavy (non-hydrogen) atoms. The molecule has 0 radical (unpaired) electrons. The van der Waals surface area contributed by atoms with Gasteiger partial charge in [-0.2, -0.15) is 8.78 Å². The average molecular weight is 216 g/mol. The summed E-state index contributed by atoms with van der Waals surface area (Å²) in [6.45, 7) is -3.07. The summed E-state index contributed by atoms with van der Waals surface area (Å²) in [7, 11) is 0. The van der Waals surface area contributed by atoms with E-state index in [1.165, 1.54) is 0 Å². The fourth-order valence-electron chi connectivity index (χ4n) is 1.15. The zero-order valence-corrected chi connectivity index (χ0v) is 7.77. The lowest BCUT2D eigenvalue weighted by atomic mass is 10.1. The summed E-state index contributed by atoms with van der Waals surface area (Å²) in [6, 6.07) is 8.48. The van der Waals surface area contributed by atoms with Gasteiger partial charge in [-0.25, -0.2) is 4.79 Å². The quantitative estimate of drug-likeness (QED) is 0.817. The number of ether oxygens (including phenoxy) is 1. The maximum absolute atomic E-state index is 11.9. The summed E-state index contributed by atoms with van der Waals surface area (Å²) in [5.74, 6) is -1.39. The van der Waals surface area contributed by atoms with Crippen molar-refractivity contribution < 1.29 is 23.4 Å². The van der Waals surface area contributed by atoms with Gasteiger partial charge in [-0.15, -0.1) is 0 Å². The normalized spacial score (nSPS) is 12.7. The van der Waals surface area contributed by atoms with E-state index in [-0.39, 0.29) is 6.42 Å². The molecule has 1 atom stereocenters. The third kappa shape index (κ3) is 4.03. The van der Waals surface area contributed by atoms with Crippen LogP contribution >= 0.6 is 0 Å². The first-order valence-electron chi connectivity index (χ1n) is 4.30. The van der Waals surface area contributed by atoms with Gasteiger partial charge in [-0.05, 0) is 5.56 Å². The van der Waals surface area contributed by atoms with Crippen molar-refractivity contribution in [2.24, 2.45) is 0 Å². The van der Waals surface area contributed by atoms with E-state index in [4.69, 9.17) is 5.11 Å². The van der Waals surface area contributed by atoms with E-state index in [9.17, 15) is 13.6 Å². The molecule has 0 saturated carbocycles. The van der Waals surface area contributed by atoms with Gasteiger partial charge in [-0.1, -0.05) is 30.3 Å². The van der Waals surface area contributed by atoms with Gasteiger partial charge in [0.2, 0.25) is 0 Å². The molecule has 82 valence electrons. The fraction of sp³-hybridized carbons (Fsp3) is 0.300. The van der Waals surface area contributed by atoms with Gasteiger partial charge in [-0.3, -0.25) is 0 Å². The third-order valence-corrected chi connectivity index (χ3v) is 1.81. The highest BCUT2D eigenvalue weighted by atomic mass is 19.3. The van der Waals surface area contributed by atoms with Gasteiger partial charge >= 0.3 is 12.6 Å². The standard InChI is InChI=1S/C10H10F2O3/c11-10(12)15-8(9(13)14)6-7-4-2-1-3-5-7/h1-5,8,10H,6H2,(H,13,14). The zero-order valence-electron chi connectivity index (χ0n) is 7.77. The van der Waals surface area contributed by atoms with Crippen molar-refractivity contribution in [3.63, 3.8) is 0 Å². The molecule has 0 heterocycles. The van der Waals surface area contributed by atoms with E-state index in [0.717, 1.165) is 0 Å². The minimum atomic E-state index is -3.07. The molecule has 0 spiro atoms. The van der Waals surface area contributed by atoms with Crippen LogP contribution in [0, 0.1) is 0 Å². The molecule has 3 nitrogen and oxygen atoms in total. The summed E-state index contributed by atoms with van der Waals surface area (Å²) >= 11 is 0. The minimum Gasteiger partial charge on any atom is -0.479 e. The molecular weight excluding hydrogens is 206 g/mol.